The summed E-state index contributed by atoms with van der Waals surface area (Å²) in [5, 5.41) is 0. The van der Waals surface area contributed by atoms with Gasteiger partial charge in [-0.15, -0.1) is 0 Å². The van der Waals surface area contributed by atoms with E-state index >= 15 is 0 Å². The maximum Gasteiger partial charge on any atom is 0.306 e. The van der Waals surface area contributed by atoms with Gasteiger partial charge in [0.1, 0.15) is 13.2 Å². The molecule has 0 saturated heterocycles. The lowest BCUT2D eigenvalue weighted by molar-refractivity contribution is -0.167. The van der Waals surface area contributed by atoms with E-state index in [0.29, 0.717) is 19.3 Å². The predicted octanol–water partition coefficient (Wildman–Crippen LogP) is 19.3. The minimum Gasteiger partial charge on any atom is -0.462 e. The smallest absolute Gasteiger partial charge is 0.306 e. The summed E-state index contributed by atoms with van der Waals surface area (Å²) in [6.07, 6.45) is 62.0. The van der Waals surface area contributed by atoms with E-state index in [9.17, 15) is 14.4 Å². The van der Waals surface area contributed by atoms with Gasteiger partial charge in [-0.2, -0.15) is 0 Å². The van der Waals surface area contributed by atoms with Gasteiger partial charge in [-0.1, -0.05) is 277 Å². The van der Waals surface area contributed by atoms with Gasteiger partial charge in [0.25, 0.3) is 0 Å². The average Bonchev–Trinajstić information content (AvgIpc) is 3.30. The van der Waals surface area contributed by atoms with Crippen LogP contribution in [-0.2, 0) is 28.6 Å². The fourth-order valence-electron chi connectivity index (χ4n) is 8.85. The highest BCUT2D eigenvalue weighted by Gasteiger charge is 2.19. The summed E-state index contributed by atoms with van der Waals surface area (Å²) in [6, 6.07) is 0. The van der Waals surface area contributed by atoms with Crippen LogP contribution < -0.4 is 0 Å². The molecule has 65 heavy (non-hydrogen) atoms. The first kappa shape index (κ1) is 63.1. The summed E-state index contributed by atoms with van der Waals surface area (Å²) < 4.78 is 16.9. The number of unbranched alkanes of at least 4 members (excludes halogenated alkanes) is 41. The second-order valence-electron chi connectivity index (χ2n) is 19.9. The summed E-state index contributed by atoms with van der Waals surface area (Å²) >= 11 is 0. The summed E-state index contributed by atoms with van der Waals surface area (Å²) in [6.45, 7) is 6.68. The molecule has 0 aromatic carbocycles. The van der Waals surface area contributed by atoms with Crippen LogP contribution in [0.3, 0.4) is 0 Å². The molecule has 0 aliphatic rings. The van der Waals surface area contributed by atoms with Crippen molar-refractivity contribution < 1.29 is 28.6 Å². The van der Waals surface area contributed by atoms with E-state index in [-0.39, 0.29) is 31.1 Å². The molecule has 0 unspecified atom stereocenters. The van der Waals surface area contributed by atoms with Gasteiger partial charge in [-0.25, -0.2) is 0 Å². The van der Waals surface area contributed by atoms with Crippen LogP contribution in [0.4, 0.5) is 0 Å². The summed E-state index contributed by atoms with van der Waals surface area (Å²) in [7, 11) is 0. The van der Waals surface area contributed by atoms with E-state index in [2.05, 4.69) is 32.9 Å². The van der Waals surface area contributed by atoms with Crippen LogP contribution >= 0.6 is 0 Å². The molecule has 0 spiro atoms. The topological polar surface area (TPSA) is 78.9 Å². The average molecular weight is 918 g/mol. The van der Waals surface area contributed by atoms with Crippen molar-refractivity contribution >= 4 is 17.9 Å². The zero-order valence-electron chi connectivity index (χ0n) is 44.0. The van der Waals surface area contributed by atoms with Gasteiger partial charge in [-0.3, -0.25) is 14.4 Å². The third kappa shape index (κ3) is 53.0. The lowest BCUT2D eigenvalue weighted by Gasteiger charge is -2.18. The maximum atomic E-state index is 12.8. The van der Waals surface area contributed by atoms with E-state index in [1.54, 1.807) is 0 Å². The van der Waals surface area contributed by atoms with E-state index in [1.165, 1.54) is 231 Å². The largest absolute Gasteiger partial charge is 0.462 e. The highest BCUT2D eigenvalue weighted by molar-refractivity contribution is 5.71. The number of allylic oxidation sites excluding steroid dienone is 2. The Bertz CT molecular complexity index is 1010. The highest BCUT2D eigenvalue weighted by atomic mass is 16.6. The van der Waals surface area contributed by atoms with Crippen molar-refractivity contribution in [3.05, 3.63) is 12.2 Å². The SMILES string of the molecule is CCCCCC/C=C/CCCCCCCCCC(=O)O[C@H](COC(=O)CCCCCCCCCCCCCCCCC)COC(=O)CCCCCCCCCCCCCCCCCCC. The summed E-state index contributed by atoms with van der Waals surface area (Å²) in [5.41, 5.74) is 0. The number of esters is 3. The van der Waals surface area contributed by atoms with Gasteiger partial charge in [0.2, 0.25) is 0 Å². The first-order valence-corrected chi connectivity index (χ1v) is 29.2. The van der Waals surface area contributed by atoms with E-state index < -0.39 is 6.10 Å². The van der Waals surface area contributed by atoms with Crippen molar-refractivity contribution in [3.63, 3.8) is 0 Å². The molecule has 0 aromatic rings. The Morgan fingerprint density at radius 1 is 0.292 bits per heavy atom. The van der Waals surface area contributed by atoms with Gasteiger partial charge in [-0.05, 0) is 44.9 Å². The molecule has 0 aliphatic carbocycles. The monoisotopic (exact) mass is 917 g/mol. The van der Waals surface area contributed by atoms with Crippen LogP contribution in [0, 0.1) is 0 Å². The zero-order chi connectivity index (χ0) is 47.2. The van der Waals surface area contributed by atoms with Crippen molar-refractivity contribution in [3.8, 4) is 0 Å². The molecule has 0 radical (unpaired) electrons. The summed E-state index contributed by atoms with van der Waals surface area (Å²) in [5.74, 6) is -0.845. The van der Waals surface area contributed by atoms with Gasteiger partial charge < -0.3 is 14.2 Å². The fraction of sp³-hybridized carbons (Fsp3) is 0.915. The molecule has 0 aliphatic heterocycles. The first-order valence-electron chi connectivity index (χ1n) is 29.2. The van der Waals surface area contributed by atoms with Crippen molar-refractivity contribution in [2.24, 2.45) is 0 Å². The van der Waals surface area contributed by atoms with Crippen molar-refractivity contribution in [2.75, 3.05) is 13.2 Å². The molecule has 0 bridgehead atoms. The molecule has 0 rings (SSSR count). The third-order valence-electron chi connectivity index (χ3n) is 13.3. The van der Waals surface area contributed by atoms with Crippen molar-refractivity contribution in [1.29, 1.82) is 0 Å². The van der Waals surface area contributed by atoms with Crippen LogP contribution in [-0.4, -0.2) is 37.2 Å². The lowest BCUT2D eigenvalue weighted by atomic mass is 10.0. The van der Waals surface area contributed by atoms with Crippen LogP contribution in [0.1, 0.15) is 329 Å². The first-order chi connectivity index (χ1) is 32.0. The van der Waals surface area contributed by atoms with Gasteiger partial charge >= 0.3 is 17.9 Å². The van der Waals surface area contributed by atoms with Crippen LogP contribution in [0.5, 0.6) is 0 Å². The fourth-order valence-corrected chi connectivity index (χ4v) is 8.85. The molecule has 6 heteroatoms. The van der Waals surface area contributed by atoms with Crippen molar-refractivity contribution in [2.45, 2.75) is 335 Å². The molecule has 0 aromatic heterocycles. The Hall–Kier alpha value is -1.85. The van der Waals surface area contributed by atoms with Gasteiger partial charge in [0.05, 0.1) is 0 Å². The second kappa shape index (κ2) is 54.8. The Balaban J connectivity index is 4.31. The number of carbonyl (C=O) groups excluding carboxylic acids is 3. The van der Waals surface area contributed by atoms with Crippen molar-refractivity contribution in [1.82, 2.24) is 0 Å². The Morgan fingerprint density at radius 2 is 0.508 bits per heavy atom. The molecule has 0 heterocycles. The number of hydrogen-bond donors (Lipinski definition) is 0. The number of ether oxygens (including phenoxy) is 3. The minimum absolute atomic E-state index is 0.0657. The highest BCUT2D eigenvalue weighted by Crippen LogP contribution is 2.17. The van der Waals surface area contributed by atoms with Crippen LogP contribution in [0.25, 0.3) is 0 Å². The molecule has 384 valence electrons. The molecule has 0 fully saturated rings. The second-order valence-corrected chi connectivity index (χ2v) is 19.9. The minimum atomic E-state index is -0.766. The standard InChI is InChI=1S/C59H112O6/c1-4-7-10-13-16-19-22-25-28-29-32-34-37-40-43-46-49-52-58(61)64-55-56(65-59(62)53-50-47-44-41-38-35-31-27-24-21-18-15-12-9-6-3)54-63-57(60)51-48-45-42-39-36-33-30-26-23-20-17-14-11-8-5-2/h21,24,56H,4-20,22-23,25-55H2,1-3H3/b24-21+/t56-/m1/s1. The maximum absolute atomic E-state index is 12.8. The van der Waals surface area contributed by atoms with E-state index in [0.717, 1.165) is 57.8 Å². The molecular weight excluding hydrogens is 805 g/mol. The predicted molar refractivity (Wildman–Crippen MR) is 280 cm³/mol. The Labute approximate surface area is 405 Å². The molecular formula is C59H112O6. The molecule has 0 saturated carbocycles. The zero-order valence-corrected chi connectivity index (χ0v) is 44.0. The Kier molecular flexibility index (Phi) is 53.2. The summed E-state index contributed by atoms with van der Waals surface area (Å²) in [4.78, 5) is 38.1. The van der Waals surface area contributed by atoms with E-state index in [1.807, 2.05) is 0 Å². The van der Waals surface area contributed by atoms with Crippen LogP contribution in [0.2, 0.25) is 0 Å². The number of rotatable bonds is 54. The molecule has 0 amide bonds. The van der Waals surface area contributed by atoms with Crippen LogP contribution in [0.15, 0.2) is 12.2 Å². The normalized spacial score (nSPS) is 12.0. The molecule has 6 nitrogen and oxygen atoms in total. The Morgan fingerprint density at radius 3 is 0.785 bits per heavy atom. The van der Waals surface area contributed by atoms with Gasteiger partial charge in [0.15, 0.2) is 6.10 Å². The quantitative estimate of drug-likeness (QED) is 0.0262. The number of hydrogen-bond acceptors (Lipinski definition) is 6. The molecule has 0 N–H and O–H groups in total. The van der Waals surface area contributed by atoms with Gasteiger partial charge in [0, 0.05) is 19.3 Å². The lowest BCUT2D eigenvalue weighted by Crippen LogP contribution is -2.30. The third-order valence-corrected chi connectivity index (χ3v) is 13.3. The van der Waals surface area contributed by atoms with E-state index in [4.69, 9.17) is 14.2 Å². The number of carbonyl (C=O) groups is 3. The molecule has 1 atom stereocenters.